The zero-order valence-corrected chi connectivity index (χ0v) is 48.2. The number of nitrogens with zero attached hydrogens (tertiary/aromatic N) is 6. The summed E-state index contributed by atoms with van der Waals surface area (Å²) >= 11 is 2.38. The molecule has 2 heterocycles. The van der Waals surface area contributed by atoms with Gasteiger partial charge in [-0.05, 0) is 140 Å². The van der Waals surface area contributed by atoms with Crippen LogP contribution in [0.25, 0.3) is 44.4 Å². The molecule has 0 saturated heterocycles. The summed E-state index contributed by atoms with van der Waals surface area (Å²) < 4.78 is 19.7. The van der Waals surface area contributed by atoms with Crippen LogP contribution in [0.15, 0.2) is 315 Å². The summed E-state index contributed by atoms with van der Waals surface area (Å²) in [4.78, 5) is 4.51. The van der Waals surface area contributed by atoms with Crippen LogP contribution in [0.3, 0.4) is 0 Å². The number of aromatic nitrogens is 4. The standard InChI is InChI=1S/C78H52N6S2/c1-9-25-55(26-10-1)71(56-27-11-2-12-28-56)73(59-33-17-5-18-34-59)61-43-49-67(50-44-61)83(65-37-21-7-22-38-65)69-53-47-63(75-77(69)81-85-79-75)41-42-64-48-54-70(78-76(64)80-86-82-78)84(66-39-23-8-24-40-66)68-51-45-62(46-52-68)74(60-35-19-6-20-36-60)72(57-29-13-3-14-30-57)58-31-15-4-16-32-58/h1-40,43-54H. The lowest BCUT2D eigenvalue weighted by atomic mass is 9.86. The van der Waals surface area contributed by atoms with Crippen molar-refractivity contribution in [1.29, 1.82) is 0 Å². The van der Waals surface area contributed by atoms with E-state index in [0.29, 0.717) is 0 Å². The molecule has 6 nitrogen and oxygen atoms in total. The molecule has 0 N–H and O–H groups in total. The normalized spacial score (nSPS) is 10.9. The molecule has 12 aromatic carbocycles. The number of para-hydroxylation sites is 2. The first kappa shape index (κ1) is 53.0. The highest BCUT2D eigenvalue weighted by Crippen LogP contribution is 2.44. The zero-order chi connectivity index (χ0) is 57.4. The zero-order valence-electron chi connectivity index (χ0n) is 46.5. The van der Waals surface area contributed by atoms with Crippen molar-refractivity contribution in [2.24, 2.45) is 0 Å². The van der Waals surface area contributed by atoms with Crippen molar-refractivity contribution < 1.29 is 0 Å². The Labute approximate surface area is 508 Å². The van der Waals surface area contributed by atoms with E-state index in [2.05, 4.69) is 325 Å². The van der Waals surface area contributed by atoms with Gasteiger partial charge in [-0.3, -0.25) is 0 Å². The Bertz CT molecular complexity index is 4370. The van der Waals surface area contributed by atoms with Crippen LogP contribution in [0.1, 0.15) is 55.6 Å². The molecule has 406 valence electrons. The molecule has 14 rings (SSSR count). The number of anilines is 6. The number of rotatable bonds is 14. The van der Waals surface area contributed by atoms with Gasteiger partial charge in [0.25, 0.3) is 0 Å². The quantitative estimate of drug-likeness (QED) is 0.0799. The Kier molecular flexibility index (Phi) is 15.0. The topological polar surface area (TPSA) is 58.0 Å². The van der Waals surface area contributed by atoms with Crippen molar-refractivity contribution in [2.45, 2.75) is 0 Å². The highest BCUT2D eigenvalue weighted by atomic mass is 32.1. The Morgan fingerprint density at radius 3 is 0.709 bits per heavy atom. The molecule has 0 aliphatic heterocycles. The van der Waals surface area contributed by atoms with E-state index < -0.39 is 0 Å². The van der Waals surface area contributed by atoms with Gasteiger partial charge in [-0.25, -0.2) is 0 Å². The molecule has 0 amide bonds. The van der Waals surface area contributed by atoms with Crippen LogP contribution in [0, 0.1) is 11.8 Å². The van der Waals surface area contributed by atoms with Crippen molar-refractivity contribution in [3.63, 3.8) is 0 Å². The molecule has 0 radical (unpaired) electrons. The number of hydrogen-bond acceptors (Lipinski definition) is 8. The fraction of sp³-hybridized carbons (Fsp3) is 0. The molecule has 0 aliphatic carbocycles. The summed E-state index contributed by atoms with van der Waals surface area (Å²) in [6.45, 7) is 0. The smallest absolute Gasteiger partial charge is 0.130 e. The van der Waals surface area contributed by atoms with Crippen molar-refractivity contribution in [3.8, 4) is 11.8 Å². The Morgan fingerprint density at radius 1 is 0.221 bits per heavy atom. The van der Waals surface area contributed by atoms with E-state index in [4.69, 9.17) is 17.5 Å². The van der Waals surface area contributed by atoms with Crippen LogP contribution in [0.4, 0.5) is 34.1 Å². The van der Waals surface area contributed by atoms with Crippen LogP contribution < -0.4 is 9.80 Å². The van der Waals surface area contributed by atoms with E-state index in [9.17, 15) is 0 Å². The molecule has 0 unspecified atom stereocenters. The molecule has 0 fully saturated rings. The van der Waals surface area contributed by atoms with Crippen molar-refractivity contribution >= 4 is 102 Å². The van der Waals surface area contributed by atoms with Gasteiger partial charge in [-0.1, -0.05) is 254 Å². The minimum absolute atomic E-state index is 0.732. The lowest BCUT2D eigenvalue weighted by Crippen LogP contribution is -2.11. The maximum Gasteiger partial charge on any atom is 0.130 e. The van der Waals surface area contributed by atoms with E-state index in [0.717, 1.165) is 123 Å². The molecule has 2 aromatic heterocycles. The van der Waals surface area contributed by atoms with E-state index in [1.807, 2.05) is 12.1 Å². The fourth-order valence-corrected chi connectivity index (χ4v) is 12.6. The van der Waals surface area contributed by atoms with E-state index in [-0.39, 0.29) is 0 Å². The first-order valence-electron chi connectivity index (χ1n) is 28.5. The van der Waals surface area contributed by atoms with Gasteiger partial charge in [0.1, 0.15) is 22.1 Å². The lowest BCUT2D eigenvalue weighted by Gasteiger charge is -2.26. The van der Waals surface area contributed by atoms with Gasteiger partial charge < -0.3 is 9.80 Å². The molecule has 14 aromatic rings. The second kappa shape index (κ2) is 24.4. The number of hydrogen-bond donors (Lipinski definition) is 0. The summed E-state index contributed by atoms with van der Waals surface area (Å²) in [5, 5.41) is 0. The van der Waals surface area contributed by atoms with Crippen LogP contribution in [-0.4, -0.2) is 17.5 Å². The molecule has 0 atom stereocenters. The van der Waals surface area contributed by atoms with Crippen LogP contribution in [-0.2, 0) is 0 Å². The van der Waals surface area contributed by atoms with Gasteiger partial charge in [0.15, 0.2) is 0 Å². The van der Waals surface area contributed by atoms with Crippen LogP contribution in [0.2, 0.25) is 0 Å². The minimum atomic E-state index is 0.732. The Hall–Kier alpha value is -11.1. The van der Waals surface area contributed by atoms with Gasteiger partial charge >= 0.3 is 0 Å². The van der Waals surface area contributed by atoms with Gasteiger partial charge in [0, 0.05) is 22.7 Å². The first-order chi connectivity index (χ1) is 42.7. The summed E-state index contributed by atoms with van der Waals surface area (Å²) in [5.74, 6) is 7.03. The SMILES string of the molecule is C(#Cc1ccc(N(c2ccccc2)c2ccc(C(=C(c3ccccc3)c3ccccc3)c3ccccc3)cc2)c2nsnc12)c1ccc(N(c2ccccc2)c2ccc(C(=C(c3ccccc3)c3ccccc3)c3ccccc3)cc2)c2nsnc12. The van der Waals surface area contributed by atoms with Gasteiger partial charge in [0.05, 0.1) is 46.0 Å². The summed E-state index contributed by atoms with van der Waals surface area (Å²) in [6, 6.07) is 111. The monoisotopic (exact) mass is 1140 g/mol. The van der Waals surface area contributed by atoms with Crippen molar-refractivity contribution in [1.82, 2.24) is 17.5 Å². The highest BCUT2D eigenvalue weighted by molar-refractivity contribution is 7.00. The van der Waals surface area contributed by atoms with Crippen molar-refractivity contribution in [3.05, 3.63) is 371 Å². The molecule has 8 heteroatoms. The molecular formula is C78H52N6S2. The molecule has 0 spiro atoms. The lowest BCUT2D eigenvalue weighted by molar-refractivity contribution is 1.29. The third-order valence-electron chi connectivity index (χ3n) is 15.3. The molecule has 0 saturated carbocycles. The predicted molar refractivity (Wildman–Crippen MR) is 359 cm³/mol. The molecule has 86 heavy (non-hydrogen) atoms. The number of fused-ring (bicyclic) bond motifs is 2. The predicted octanol–water partition coefficient (Wildman–Crippen LogP) is 20.1. The Balaban J connectivity index is 0.822. The minimum Gasteiger partial charge on any atom is -0.308 e. The van der Waals surface area contributed by atoms with Gasteiger partial charge in [-0.2, -0.15) is 17.5 Å². The van der Waals surface area contributed by atoms with E-state index in [1.165, 1.54) is 34.6 Å². The largest absolute Gasteiger partial charge is 0.308 e. The third kappa shape index (κ3) is 10.7. The summed E-state index contributed by atoms with van der Waals surface area (Å²) in [5.41, 5.74) is 24.0. The number of benzene rings is 12. The Morgan fingerprint density at radius 2 is 0.442 bits per heavy atom. The fourth-order valence-electron chi connectivity index (χ4n) is 11.4. The summed E-state index contributed by atoms with van der Waals surface area (Å²) in [6.07, 6.45) is 0. The molecule has 0 bridgehead atoms. The maximum atomic E-state index is 4.96. The second-order valence-electron chi connectivity index (χ2n) is 20.6. The van der Waals surface area contributed by atoms with E-state index >= 15 is 0 Å². The maximum absolute atomic E-state index is 4.96. The average Bonchev–Trinajstić information content (AvgIpc) is 3.00. The third-order valence-corrected chi connectivity index (χ3v) is 16.4. The average molecular weight is 1140 g/mol. The second-order valence-corrected chi connectivity index (χ2v) is 21.6. The van der Waals surface area contributed by atoms with Gasteiger partial charge in [0.2, 0.25) is 0 Å². The first-order valence-corrected chi connectivity index (χ1v) is 29.9. The molecular weight excluding hydrogens is 1090 g/mol. The van der Waals surface area contributed by atoms with Crippen LogP contribution >= 0.6 is 23.5 Å². The van der Waals surface area contributed by atoms with E-state index in [1.54, 1.807) is 0 Å². The molecule has 0 aliphatic rings. The highest BCUT2D eigenvalue weighted by Gasteiger charge is 2.24. The van der Waals surface area contributed by atoms with Crippen molar-refractivity contribution in [2.75, 3.05) is 9.80 Å². The van der Waals surface area contributed by atoms with Gasteiger partial charge in [-0.15, -0.1) is 0 Å². The van der Waals surface area contributed by atoms with Crippen LogP contribution in [0.5, 0.6) is 0 Å². The summed E-state index contributed by atoms with van der Waals surface area (Å²) in [7, 11) is 0.